The molecule has 2 aliphatic rings. The van der Waals surface area contributed by atoms with Crippen molar-refractivity contribution in [1.29, 1.82) is 0 Å². The summed E-state index contributed by atoms with van der Waals surface area (Å²) in [6.07, 6.45) is 1.39. The zero-order chi connectivity index (χ0) is 17.4. The van der Waals surface area contributed by atoms with E-state index in [1.165, 1.54) is 11.1 Å². The van der Waals surface area contributed by atoms with Gasteiger partial charge in [0.15, 0.2) is 5.78 Å². The van der Waals surface area contributed by atoms with Crippen LogP contribution in [0.3, 0.4) is 0 Å². The summed E-state index contributed by atoms with van der Waals surface area (Å²) in [6.45, 7) is 2.36. The van der Waals surface area contributed by atoms with Crippen molar-refractivity contribution in [2.75, 3.05) is 25.5 Å². The summed E-state index contributed by atoms with van der Waals surface area (Å²) in [5.74, 6) is 0.364. The molecule has 6 heteroatoms. The average molecular weight is 373 g/mol. The van der Waals surface area contributed by atoms with Gasteiger partial charge in [-0.1, -0.05) is 6.07 Å². The lowest BCUT2D eigenvalue weighted by molar-refractivity contribution is 0.0933. The zero-order valence-corrected chi connectivity index (χ0v) is 15.4. The fourth-order valence-corrected chi connectivity index (χ4v) is 3.38. The van der Waals surface area contributed by atoms with Gasteiger partial charge in [0.25, 0.3) is 5.91 Å². The Morgan fingerprint density at radius 3 is 2.81 bits per heavy atom. The number of nitrogens with one attached hydrogen (secondary N) is 1. The molecule has 0 bridgehead atoms. The first-order valence-electron chi connectivity index (χ1n) is 8.52. The lowest BCUT2D eigenvalue weighted by Gasteiger charge is -2.25. The van der Waals surface area contributed by atoms with Gasteiger partial charge in [-0.15, -0.1) is 12.4 Å². The zero-order valence-electron chi connectivity index (χ0n) is 14.6. The van der Waals surface area contributed by atoms with E-state index >= 15 is 0 Å². The second-order valence-corrected chi connectivity index (χ2v) is 6.66. The molecular weight excluding hydrogens is 352 g/mol. The third-order valence-corrected chi connectivity index (χ3v) is 4.80. The van der Waals surface area contributed by atoms with Crippen LogP contribution in [0.5, 0.6) is 5.75 Å². The molecule has 0 fully saturated rings. The summed E-state index contributed by atoms with van der Waals surface area (Å²) in [6, 6.07) is 11.1. The molecule has 4 rings (SSSR count). The second kappa shape index (κ2) is 7.48. The van der Waals surface area contributed by atoms with Gasteiger partial charge < -0.3 is 15.0 Å². The molecule has 2 heterocycles. The van der Waals surface area contributed by atoms with E-state index in [0.717, 1.165) is 25.2 Å². The van der Waals surface area contributed by atoms with Crippen molar-refractivity contribution in [3.63, 3.8) is 0 Å². The number of hydrogen-bond acceptors (Lipinski definition) is 4. The van der Waals surface area contributed by atoms with E-state index in [4.69, 9.17) is 4.74 Å². The molecule has 5 nitrogen and oxygen atoms in total. The van der Waals surface area contributed by atoms with Crippen LogP contribution in [0.4, 0.5) is 5.69 Å². The number of amides is 1. The summed E-state index contributed by atoms with van der Waals surface area (Å²) in [5, 5.41) is 2.94. The van der Waals surface area contributed by atoms with Crippen LogP contribution in [0.1, 0.15) is 38.3 Å². The van der Waals surface area contributed by atoms with Crippen LogP contribution in [0.2, 0.25) is 0 Å². The lowest BCUT2D eigenvalue weighted by Crippen LogP contribution is -2.26. The van der Waals surface area contributed by atoms with E-state index in [2.05, 4.69) is 23.3 Å². The molecule has 1 N–H and O–H groups in total. The smallest absolute Gasteiger partial charge is 0.255 e. The minimum absolute atomic E-state index is 0. The summed E-state index contributed by atoms with van der Waals surface area (Å²) in [4.78, 5) is 26.8. The Hall–Kier alpha value is -2.37. The minimum atomic E-state index is -0.217. The van der Waals surface area contributed by atoms with Crippen molar-refractivity contribution in [1.82, 2.24) is 4.90 Å². The fraction of sp³-hybridized carbons (Fsp3) is 0.300. The van der Waals surface area contributed by atoms with Gasteiger partial charge in [-0.05, 0) is 54.9 Å². The van der Waals surface area contributed by atoms with E-state index in [9.17, 15) is 9.59 Å². The minimum Gasteiger partial charge on any atom is -0.492 e. The molecule has 0 saturated heterocycles. The molecular formula is C20H21ClN2O3. The van der Waals surface area contributed by atoms with Gasteiger partial charge in [-0.25, -0.2) is 0 Å². The second-order valence-electron chi connectivity index (χ2n) is 6.66. The van der Waals surface area contributed by atoms with Gasteiger partial charge in [-0.2, -0.15) is 0 Å². The van der Waals surface area contributed by atoms with Crippen molar-refractivity contribution < 1.29 is 14.3 Å². The number of carbonyl (C=O) groups is 2. The molecule has 0 atom stereocenters. The Labute approximate surface area is 158 Å². The number of hydrogen-bond donors (Lipinski definition) is 1. The Bertz CT molecular complexity index is 866. The van der Waals surface area contributed by atoms with Crippen LogP contribution in [-0.4, -0.2) is 36.8 Å². The number of likely N-dealkylation sites (N-methyl/N-ethyl adjacent to an activating group) is 1. The van der Waals surface area contributed by atoms with Crippen LogP contribution in [0.15, 0.2) is 36.4 Å². The van der Waals surface area contributed by atoms with Crippen LogP contribution >= 0.6 is 12.4 Å². The number of carbonyl (C=O) groups excluding carboxylic acids is 2. The SMILES string of the molecule is CN1CCc2ccc(NC(=O)c3ccc4c(c3)C(=O)CCO4)cc2C1.Cl. The van der Waals surface area contributed by atoms with E-state index in [0.29, 0.717) is 29.9 Å². The third-order valence-electron chi connectivity index (χ3n) is 4.80. The van der Waals surface area contributed by atoms with Gasteiger partial charge in [0.2, 0.25) is 0 Å². The predicted octanol–water partition coefficient (Wildman–Crippen LogP) is 3.31. The Balaban J connectivity index is 0.00000196. The van der Waals surface area contributed by atoms with Gasteiger partial charge in [0, 0.05) is 30.8 Å². The molecule has 0 unspecified atom stereocenters. The molecule has 136 valence electrons. The van der Waals surface area contributed by atoms with Gasteiger partial charge >= 0.3 is 0 Å². The number of ether oxygens (including phenoxy) is 1. The first-order valence-corrected chi connectivity index (χ1v) is 8.52. The van der Waals surface area contributed by atoms with E-state index in [1.807, 2.05) is 12.1 Å². The number of benzene rings is 2. The first kappa shape index (κ1) is 18.4. The Morgan fingerprint density at radius 2 is 1.96 bits per heavy atom. The highest BCUT2D eigenvalue weighted by atomic mass is 35.5. The van der Waals surface area contributed by atoms with Gasteiger partial charge in [0.1, 0.15) is 5.75 Å². The average Bonchev–Trinajstić information content (AvgIpc) is 2.61. The first-order chi connectivity index (χ1) is 12.1. The van der Waals surface area contributed by atoms with Gasteiger partial charge in [0.05, 0.1) is 12.2 Å². The highest BCUT2D eigenvalue weighted by Crippen LogP contribution is 2.26. The maximum absolute atomic E-state index is 12.6. The number of rotatable bonds is 2. The summed E-state index contributed by atoms with van der Waals surface area (Å²) < 4.78 is 5.46. The van der Waals surface area contributed by atoms with E-state index in [1.54, 1.807) is 18.2 Å². The molecule has 0 saturated carbocycles. The number of ketones is 1. The number of Topliss-reactive ketones (excluding diaryl/α,β-unsaturated/α-hetero) is 1. The summed E-state index contributed by atoms with van der Waals surface area (Å²) in [5.41, 5.74) is 4.32. The highest BCUT2D eigenvalue weighted by molar-refractivity contribution is 6.07. The number of anilines is 1. The highest BCUT2D eigenvalue weighted by Gasteiger charge is 2.20. The Kier molecular flexibility index (Phi) is 5.30. The molecule has 0 spiro atoms. The third kappa shape index (κ3) is 3.59. The lowest BCUT2D eigenvalue weighted by atomic mass is 9.99. The molecule has 2 aliphatic heterocycles. The van der Waals surface area contributed by atoms with Crippen LogP contribution in [-0.2, 0) is 13.0 Å². The number of nitrogens with zero attached hydrogens (tertiary/aromatic N) is 1. The van der Waals surface area contributed by atoms with Crippen LogP contribution < -0.4 is 10.1 Å². The standard InChI is InChI=1S/C20H20N2O3.ClH/c1-22-8-6-13-2-4-16(10-15(13)12-22)21-20(24)14-3-5-19-17(11-14)18(23)7-9-25-19;/h2-5,10-11H,6-9,12H2,1H3,(H,21,24);1H. The molecule has 1 amide bonds. The predicted molar refractivity (Wildman–Crippen MR) is 103 cm³/mol. The molecule has 0 aromatic heterocycles. The number of halogens is 1. The molecule has 0 aliphatic carbocycles. The monoisotopic (exact) mass is 372 g/mol. The molecule has 26 heavy (non-hydrogen) atoms. The van der Waals surface area contributed by atoms with Crippen molar-refractivity contribution in [2.45, 2.75) is 19.4 Å². The van der Waals surface area contributed by atoms with Crippen LogP contribution in [0, 0.1) is 0 Å². The normalized spacial score (nSPS) is 16.0. The molecule has 2 aromatic rings. The van der Waals surface area contributed by atoms with Crippen molar-refractivity contribution >= 4 is 29.8 Å². The van der Waals surface area contributed by atoms with Crippen molar-refractivity contribution in [3.05, 3.63) is 58.7 Å². The maximum atomic E-state index is 12.6. The number of fused-ring (bicyclic) bond motifs is 2. The quantitative estimate of drug-likeness (QED) is 0.878. The van der Waals surface area contributed by atoms with E-state index in [-0.39, 0.29) is 24.1 Å². The largest absolute Gasteiger partial charge is 0.492 e. The topological polar surface area (TPSA) is 58.6 Å². The van der Waals surface area contributed by atoms with Crippen LogP contribution in [0.25, 0.3) is 0 Å². The van der Waals surface area contributed by atoms with Gasteiger partial charge in [-0.3, -0.25) is 9.59 Å². The maximum Gasteiger partial charge on any atom is 0.255 e. The summed E-state index contributed by atoms with van der Waals surface area (Å²) in [7, 11) is 2.10. The molecule has 0 radical (unpaired) electrons. The van der Waals surface area contributed by atoms with Crippen molar-refractivity contribution in [3.8, 4) is 5.75 Å². The fourth-order valence-electron chi connectivity index (χ4n) is 3.38. The van der Waals surface area contributed by atoms with Crippen molar-refractivity contribution in [2.24, 2.45) is 0 Å². The molecule has 2 aromatic carbocycles. The van der Waals surface area contributed by atoms with E-state index < -0.39 is 0 Å². The summed E-state index contributed by atoms with van der Waals surface area (Å²) >= 11 is 0. The Morgan fingerprint density at radius 1 is 1.12 bits per heavy atom.